The van der Waals surface area contributed by atoms with Gasteiger partial charge in [0.25, 0.3) is 0 Å². The van der Waals surface area contributed by atoms with Crippen molar-refractivity contribution in [2.24, 2.45) is 0 Å². The number of aromatic nitrogens is 3. The van der Waals surface area contributed by atoms with Gasteiger partial charge in [-0.25, -0.2) is 9.97 Å². The molecule has 2 heterocycles. The van der Waals surface area contributed by atoms with E-state index in [1.165, 1.54) is 31.4 Å². The van der Waals surface area contributed by atoms with Gasteiger partial charge in [-0.2, -0.15) is 0 Å². The molecule has 1 aliphatic carbocycles. The molecule has 118 valence electrons. The zero-order valence-corrected chi connectivity index (χ0v) is 13.7. The molecule has 1 saturated carbocycles. The van der Waals surface area contributed by atoms with E-state index in [-0.39, 0.29) is 0 Å². The summed E-state index contributed by atoms with van der Waals surface area (Å²) in [6.45, 7) is 4.14. The molecule has 1 aromatic carbocycles. The normalized spacial score (nSPS) is 15.4. The minimum atomic E-state index is 0.540. The third-order valence-electron chi connectivity index (χ3n) is 4.65. The molecule has 1 aliphatic rings. The standard InChI is InChI=1S/C19H22N4/c1-13-12-14(2)23-18(21-16-10-6-7-11-16)17(22-19(23)20-13)15-8-4-3-5-9-15/h3-5,8-9,12,16,21H,6-7,10-11H2,1-2H3. The van der Waals surface area contributed by atoms with Gasteiger partial charge >= 0.3 is 0 Å². The Morgan fingerprint density at radius 2 is 1.78 bits per heavy atom. The summed E-state index contributed by atoms with van der Waals surface area (Å²) in [5.41, 5.74) is 4.31. The van der Waals surface area contributed by atoms with Crippen LogP contribution in [0.2, 0.25) is 0 Å². The summed E-state index contributed by atoms with van der Waals surface area (Å²) in [5.74, 6) is 1.87. The molecule has 0 saturated heterocycles. The Labute approximate surface area is 136 Å². The molecule has 1 fully saturated rings. The molecular weight excluding hydrogens is 284 g/mol. The molecule has 0 spiro atoms. The van der Waals surface area contributed by atoms with E-state index >= 15 is 0 Å². The summed E-state index contributed by atoms with van der Waals surface area (Å²) in [6.07, 6.45) is 5.09. The van der Waals surface area contributed by atoms with Crippen molar-refractivity contribution >= 4 is 11.6 Å². The molecule has 2 aromatic heterocycles. The highest BCUT2D eigenvalue weighted by Gasteiger charge is 2.21. The zero-order chi connectivity index (χ0) is 15.8. The Morgan fingerprint density at radius 3 is 2.52 bits per heavy atom. The number of nitrogens with zero attached hydrogens (tertiary/aromatic N) is 3. The maximum atomic E-state index is 4.84. The third-order valence-corrected chi connectivity index (χ3v) is 4.65. The van der Waals surface area contributed by atoms with Crippen molar-refractivity contribution in [1.82, 2.24) is 14.4 Å². The van der Waals surface area contributed by atoms with Crippen LogP contribution in [0.3, 0.4) is 0 Å². The third kappa shape index (κ3) is 2.58. The first-order valence-electron chi connectivity index (χ1n) is 8.41. The van der Waals surface area contributed by atoms with E-state index in [1.54, 1.807) is 0 Å². The molecule has 0 radical (unpaired) electrons. The lowest BCUT2D eigenvalue weighted by molar-refractivity contribution is 0.747. The van der Waals surface area contributed by atoms with Gasteiger partial charge < -0.3 is 5.32 Å². The number of aryl methyl sites for hydroxylation is 2. The number of hydrogen-bond donors (Lipinski definition) is 1. The first kappa shape index (κ1) is 14.2. The molecular formula is C19H22N4. The summed E-state index contributed by atoms with van der Waals surface area (Å²) < 4.78 is 2.16. The van der Waals surface area contributed by atoms with Crippen molar-refractivity contribution in [1.29, 1.82) is 0 Å². The van der Waals surface area contributed by atoms with E-state index in [0.717, 1.165) is 28.5 Å². The molecule has 4 rings (SSSR count). The largest absolute Gasteiger partial charge is 0.367 e. The van der Waals surface area contributed by atoms with Crippen LogP contribution in [-0.2, 0) is 0 Å². The molecule has 23 heavy (non-hydrogen) atoms. The van der Waals surface area contributed by atoms with Gasteiger partial charge in [-0.1, -0.05) is 43.2 Å². The molecule has 1 N–H and O–H groups in total. The Morgan fingerprint density at radius 1 is 1.04 bits per heavy atom. The lowest BCUT2D eigenvalue weighted by atomic mass is 10.1. The van der Waals surface area contributed by atoms with E-state index in [9.17, 15) is 0 Å². The predicted octanol–water partition coefficient (Wildman–Crippen LogP) is 4.37. The second kappa shape index (κ2) is 5.69. The average Bonchev–Trinajstić information content (AvgIpc) is 3.16. The van der Waals surface area contributed by atoms with E-state index in [1.807, 2.05) is 13.0 Å². The van der Waals surface area contributed by atoms with Crippen LogP contribution in [0.4, 0.5) is 5.82 Å². The molecule has 4 nitrogen and oxygen atoms in total. The Kier molecular flexibility index (Phi) is 3.52. The van der Waals surface area contributed by atoms with E-state index in [2.05, 4.69) is 52.0 Å². The van der Waals surface area contributed by atoms with Crippen molar-refractivity contribution in [2.75, 3.05) is 5.32 Å². The van der Waals surface area contributed by atoms with Gasteiger partial charge in [-0.15, -0.1) is 0 Å². The number of rotatable bonds is 3. The number of imidazole rings is 1. The second-order valence-electron chi connectivity index (χ2n) is 6.48. The van der Waals surface area contributed by atoms with Crippen molar-refractivity contribution in [3.8, 4) is 11.3 Å². The fourth-order valence-electron chi connectivity index (χ4n) is 3.57. The van der Waals surface area contributed by atoms with Crippen LogP contribution in [0.25, 0.3) is 17.0 Å². The van der Waals surface area contributed by atoms with Crippen molar-refractivity contribution in [2.45, 2.75) is 45.6 Å². The lowest BCUT2D eigenvalue weighted by Gasteiger charge is -2.15. The summed E-state index contributed by atoms with van der Waals surface area (Å²) in [7, 11) is 0. The van der Waals surface area contributed by atoms with Crippen LogP contribution in [0.1, 0.15) is 37.1 Å². The molecule has 0 atom stereocenters. The molecule has 0 bridgehead atoms. The molecule has 4 heteroatoms. The van der Waals surface area contributed by atoms with E-state index in [0.29, 0.717) is 6.04 Å². The van der Waals surface area contributed by atoms with Gasteiger partial charge in [0.2, 0.25) is 5.78 Å². The highest BCUT2D eigenvalue weighted by Crippen LogP contribution is 2.32. The fourth-order valence-corrected chi connectivity index (χ4v) is 3.57. The Balaban J connectivity index is 1.91. The number of anilines is 1. The van der Waals surface area contributed by atoms with Crippen molar-refractivity contribution < 1.29 is 0 Å². The molecule has 0 amide bonds. The second-order valence-corrected chi connectivity index (χ2v) is 6.48. The predicted molar refractivity (Wildman–Crippen MR) is 93.8 cm³/mol. The monoisotopic (exact) mass is 306 g/mol. The van der Waals surface area contributed by atoms with Crippen LogP contribution in [-0.4, -0.2) is 20.4 Å². The summed E-state index contributed by atoms with van der Waals surface area (Å²) in [4.78, 5) is 9.47. The number of hydrogen-bond acceptors (Lipinski definition) is 3. The van der Waals surface area contributed by atoms with Gasteiger partial charge in [0.1, 0.15) is 11.5 Å². The van der Waals surface area contributed by atoms with Crippen LogP contribution >= 0.6 is 0 Å². The minimum absolute atomic E-state index is 0.540. The van der Waals surface area contributed by atoms with Gasteiger partial charge in [0, 0.05) is 23.0 Å². The molecule has 3 aromatic rings. The first-order valence-corrected chi connectivity index (χ1v) is 8.41. The highest BCUT2D eigenvalue weighted by atomic mass is 15.2. The van der Waals surface area contributed by atoms with Crippen LogP contribution in [0.5, 0.6) is 0 Å². The number of fused-ring (bicyclic) bond motifs is 1. The topological polar surface area (TPSA) is 42.2 Å². The maximum Gasteiger partial charge on any atom is 0.236 e. The summed E-state index contributed by atoms with van der Waals surface area (Å²) >= 11 is 0. The molecule has 0 unspecified atom stereocenters. The van der Waals surface area contributed by atoms with Crippen LogP contribution < -0.4 is 5.32 Å². The Bertz CT molecular complexity index is 829. The van der Waals surface area contributed by atoms with Crippen LogP contribution in [0, 0.1) is 13.8 Å². The van der Waals surface area contributed by atoms with Gasteiger partial charge in [-0.05, 0) is 32.8 Å². The maximum absolute atomic E-state index is 4.84. The van der Waals surface area contributed by atoms with Crippen LogP contribution in [0.15, 0.2) is 36.4 Å². The lowest BCUT2D eigenvalue weighted by Crippen LogP contribution is -2.17. The number of benzene rings is 1. The Hall–Kier alpha value is -2.36. The van der Waals surface area contributed by atoms with Crippen molar-refractivity contribution in [3.05, 3.63) is 47.8 Å². The van der Waals surface area contributed by atoms with Gasteiger partial charge in [0.15, 0.2) is 0 Å². The van der Waals surface area contributed by atoms with E-state index < -0.39 is 0 Å². The zero-order valence-electron chi connectivity index (χ0n) is 13.7. The fraction of sp³-hybridized carbons (Fsp3) is 0.368. The molecule has 0 aliphatic heterocycles. The smallest absolute Gasteiger partial charge is 0.236 e. The van der Waals surface area contributed by atoms with E-state index in [4.69, 9.17) is 4.98 Å². The minimum Gasteiger partial charge on any atom is -0.367 e. The highest BCUT2D eigenvalue weighted by molar-refractivity contribution is 5.76. The summed E-state index contributed by atoms with van der Waals surface area (Å²) in [5, 5.41) is 3.75. The van der Waals surface area contributed by atoms with Crippen molar-refractivity contribution in [3.63, 3.8) is 0 Å². The first-order chi connectivity index (χ1) is 11.2. The SMILES string of the molecule is Cc1cc(C)n2c(NC3CCCC3)c(-c3ccccc3)nc2n1. The average molecular weight is 306 g/mol. The number of nitrogens with one attached hydrogen (secondary N) is 1. The van der Waals surface area contributed by atoms with Gasteiger partial charge in [-0.3, -0.25) is 4.40 Å². The quantitative estimate of drug-likeness (QED) is 0.781. The summed E-state index contributed by atoms with van der Waals surface area (Å²) in [6, 6.07) is 13.0. The van der Waals surface area contributed by atoms with Gasteiger partial charge in [0.05, 0.1) is 0 Å².